The van der Waals surface area contributed by atoms with Crippen molar-refractivity contribution in [1.82, 2.24) is 0 Å². The normalized spacial score (nSPS) is 13.1. The van der Waals surface area contributed by atoms with Crippen LogP contribution in [0.4, 0.5) is 0 Å². The summed E-state index contributed by atoms with van der Waals surface area (Å²) in [5, 5.41) is 10.1. The zero-order chi connectivity index (χ0) is 36.7. The Morgan fingerprint density at radius 1 is 0.273 bits per heavy atom. The number of hydrogen-bond donors (Lipinski definition) is 0. The molecule has 1 aliphatic rings. The summed E-state index contributed by atoms with van der Waals surface area (Å²) in [5.41, 5.74) is 15.4. The van der Waals surface area contributed by atoms with Crippen LogP contribution in [0.1, 0.15) is 25.0 Å². The second-order valence-electron chi connectivity index (χ2n) is 15.6. The van der Waals surface area contributed by atoms with Crippen LogP contribution in [-0.2, 0) is 5.41 Å². The molecule has 0 N–H and O–H groups in total. The van der Waals surface area contributed by atoms with Gasteiger partial charge >= 0.3 is 0 Å². The third-order valence-electron chi connectivity index (χ3n) is 12.2. The lowest BCUT2D eigenvalue weighted by atomic mass is 9.80. The molecule has 0 aliphatic heterocycles. The quantitative estimate of drug-likeness (QED) is 0.161. The Bertz CT molecular complexity index is 3170. The van der Waals surface area contributed by atoms with Crippen molar-refractivity contribution < 1.29 is 0 Å². The lowest BCUT2D eigenvalue weighted by molar-refractivity contribution is 0.660. The Kier molecular flexibility index (Phi) is 7.00. The van der Waals surface area contributed by atoms with Gasteiger partial charge in [-0.2, -0.15) is 0 Å². The first kappa shape index (κ1) is 31.7. The zero-order valence-corrected chi connectivity index (χ0v) is 31.0. The van der Waals surface area contributed by atoms with Crippen LogP contribution >= 0.6 is 0 Å². The van der Waals surface area contributed by atoms with Crippen LogP contribution < -0.4 is 0 Å². The van der Waals surface area contributed by atoms with Crippen LogP contribution in [0.25, 0.3) is 98.7 Å². The lowest BCUT2D eigenvalue weighted by Gasteiger charge is -2.23. The van der Waals surface area contributed by atoms with Gasteiger partial charge in [-0.1, -0.05) is 190 Å². The van der Waals surface area contributed by atoms with Gasteiger partial charge in [0.15, 0.2) is 0 Å². The van der Waals surface area contributed by atoms with E-state index in [1.54, 1.807) is 0 Å². The van der Waals surface area contributed by atoms with E-state index in [0.717, 1.165) is 0 Å². The van der Waals surface area contributed by atoms with E-state index >= 15 is 0 Å². The minimum absolute atomic E-state index is 0.0936. The Balaban J connectivity index is 1.21. The summed E-state index contributed by atoms with van der Waals surface area (Å²) in [6.45, 7) is 4.75. The number of fused-ring (bicyclic) bond motifs is 7. The smallest absolute Gasteiger partial charge is 0.0159 e. The van der Waals surface area contributed by atoms with Crippen molar-refractivity contribution in [3.63, 3.8) is 0 Å². The van der Waals surface area contributed by atoms with Crippen molar-refractivity contribution in [3.8, 4) is 55.6 Å². The van der Waals surface area contributed by atoms with Gasteiger partial charge in [-0.25, -0.2) is 0 Å². The topological polar surface area (TPSA) is 0 Å². The van der Waals surface area contributed by atoms with E-state index in [4.69, 9.17) is 0 Å². The first-order chi connectivity index (χ1) is 27.0. The largest absolute Gasteiger partial charge is 0.0619 e. The van der Waals surface area contributed by atoms with Crippen LogP contribution in [0.2, 0.25) is 0 Å². The zero-order valence-electron chi connectivity index (χ0n) is 31.0. The van der Waals surface area contributed by atoms with Gasteiger partial charge < -0.3 is 0 Å². The summed E-state index contributed by atoms with van der Waals surface area (Å²) in [4.78, 5) is 0. The predicted octanol–water partition coefficient (Wildman–Crippen LogP) is 15.3. The summed E-state index contributed by atoms with van der Waals surface area (Å²) in [5.74, 6) is 0. The maximum Gasteiger partial charge on any atom is 0.0159 e. The number of hydrogen-bond acceptors (Lipinski definition) is 0. The minimum atomic E-state index is -0.0936. The van der Waals surface area contributed by atoms with Crippen molar-refractivity contribution in [2.24, 2.45) is 0 Å². The highest BCUT2D eigenvalue weighted by Crippen LogP contribution is 2.52. The summed E-state index contributed by atoms with van der Waals surface area (Å²) in [6.07, 6.45) is 0. The van der Waals surface area contributed by atoms with E-state index in [0.29, 0.717) is 0 Å². The van der Waals surface area contributed by atoms with E-state index in [2.05, 4.69) is 208 Å². The van der Waals surface area contributed by atoms with E-state index in [1.807, 2.05) is 0 Å². The first-order valence-electron chi connectivity index (χ1n) is 19.3. The van der Waals surface area contributed by atoms with E-state index in [1.165, 1.54) is 110 Å². The van der Waals surface area contributed by atoms with Gasteiger partial charge in [0.25, 0.3) is 0 Å². The molecule has 0 amide bonds. The minimum Gasteiger partial charge on any atom is -0.0619 e. The molecule has 0 aromatic heterocycles. The molecule has 0 nitrogen and oxygen atoms in total. The van der Waals surface area contributed by atoms with Crippen LogP contribution in [0.5, 0.6) is 0 Å². The molecule has 0 unspecified atom stereocenters. The van der Waals surface area contributed by atoms with Crippen LogP contribution in [0, 0.1) is 0 Å². The second kappa shape index (κ2) is 12.1. The molecule has 0 spiro atoms. The van der Waals surface area contributed by atoms with Crippen LogP contribution in [-0.4, -0.2) is 0 Å². The molecule has 0 atom stereocenters. The highest BCUT2D eigenvalue weighted by atomic mass is 14.4. The molecule has 258 valence electrons. The maximum atomic E-state index is 2.49. The Morgan fingerprint density at radius 3 is 1.44 bits per heavy atom. The fourth-order valence-electron chi connectivity index (χ4n) is 9.62. The average Bonchev–Trinajstić information content (AvgIpc) is 3.47. The van der Waals surface area contributed by atoms with Gasteiger partial charge in [-0.05, 0) is 128 Å². The standard InChI is InChI=1S/C55H38/c1-55(2)51-27-10-9-22-45(51)46-30-29-40(34-52(46)55)54-48-24-8-7-23-47(48)53(39-19-11-18-37(32-39)43-25-12-16-35-14-3-5-20-41(35)43)49-31-28-38(33-50(49)54)44-26-13-17-36-15-4-6-21-42(36)44/h3-34H,1-2H3. The summed E-state index contributed by atoms with van der Waals surface area (Å²) in [7, 11) is 0. The Hall–Kier alpha value is -6.76. The summed E-state index contributed by atoms with van der Waals surface area (Å²) >= 11 is 0. The van der Waals surface area contributed by atoms with Crippen LogP contribution in [0.15, 0.2) is 194 Å². The maximum absolute atomic E-state index is 2.49. The molecule has 0 radical (unpaired) electrons. The SMILES string of the molecule is CC1(C)c2ccccc2-c2ccc(-c3c4ccccc4c(-c4cccc(-c5cccc6ccccc56)c4)c4ccc(-c5cccc6ccccc56)cc34)cc21. The van der Waals surface area contributed by atoms with Crippen molar-refractivity contribution in [2.75, 3.05) is 0 Å². The van der Waals surface area contributed by atoms with Crippen LogP contribution in [0.3, 0.4) is 0 Å². The molecule has 55 heavy (non-hydrogen) atoms. The molecular weight excluding hydrogens is 661 g/mol. The summed E-state index contributed by atoms with van der Waals surface area (Å²) < 4.78 is 0. The van der Waals surface area contributed by atoms with E-state index in [9.17, 15) is 0 Å². The molecule has 0 bridgehead atoms. The monoisotopic (exact) mass is 698 g/mol. The van der Waals surface area contributed by atoms with Gasteiger partial charge in [-0.3, -0.25) is 0 Å². The highest BCUT2D eigenvalue weighted by Gasteiger charge is 2.35. The fraction of sp³-hybridized carbons (Fsp3) is 0.0545. The first-order valence-corrected chi connectivity index (χ1v) is 19.3. The van der Waals surface area contributed by atoms with E-state index < -0.39 is 0 Å². The molecule has 0 heteroatoms. The molecule has 10 aromatic rings. The Labute approximate surface area is 322 Å². The van der Waals surface area contributed by atoms with Gasteiger partial charge in [0.2, 0.25) is 0 Å². The van der Waals surface area contributed by atoms with E-state index in [-0.39, 0.29) is 5.41 Å². The molecule has 11 rings (SSSR count). The van der Waals surface area contributed by atoms with Gasteiger partial charge in [0, 0.05) is 5.41 Å². The molecule has 10 aromatic carbocycles. The highest BCUT2D eigenvalue weighted by molar-refractivity contribution is 6.22. The molecule has 0 fully saturated rings. The summed E-state index contributed by atoms with van der Waals surface area (Å²) in [6, 6.07) is 72.3. The fourth-order valence-corrected chi connectivity index (χ4v) is 9.62. The van der Waals surface area contributed by atoms with Crippen molar-refractivity contribution >= 4 is 43.1 Å². The second-order valence-corrected chi connectivity index (χ2v) is 15.6. The van der Waals surface area contributed by atoms with Crippen molar-refractivity contribution in [3.05, 3.63) is 205 Å². The molecule has 0 saturated heterocycles. The Morgan fingerprint density at radius 2 is 0.727 bits per heavy atom. The third-order valence-corrected chi connectivity index (χ3v) is 12.2. The van der Waals surface area contributed by atoms with Crippen molar-refractivity contribution in [2.45, 2.75) is 19.3 Å². The third kappa shape index (κ3) is 4.85. The van der Waals surface area contributed by atoms with Gasteiger partial charge in [0.1, 0.15) is 0 Å². The van der Waals surface area contributed by atoms with Gasteiger partial charge in [0.05, 0.1) is 0 Å². The lowest BCUT2D eigenvalue weighted by Crippen LogP contribution is -2.14. The average molecular weight is 699 g/mol. The van der Waals surface area contributed by atoms with Crippen molar-refractivity contribution in [1.29, 1.82) is 0 Å². The molecule has 0 heterocycles. The number of rotatable bonds is 4. The molecule has 1 aliphatic carbocycles. The molecular formula is C55H38. The predicted molar refractivity (Wildman–Crippen MR) is 236 cm³/mol. The van der Waals surface area contributed by atoms with Gasteiger partial charge in [-0.15, -0.1) is 0 Å². The molecule has 0 saturated carbocycles. The number of benzene rings is 10.